The molecule has 0 radical (unpaired) electrons. The summed E-state index contributed by atoms with van der Waals surface area (Å²) in [4.78, 5) is 16.1. The summed E-state index contributed by atoms with van der Waals surface area (Å²) in [5, 5.41) is 3.33. The Balaban J connectivity index is 1.25. The van der Waals surface area contributed by atoms with Crippen molar-refractivity contribution in [3.05, 3.63) is 95.1 Å². The van der Waals surface area contributed by atoms with Gasteiger partial charge in [-0.15, -0.1) is 11.6 Å². The Morgan fingerprint density at radius 1 is 1.15 bits per heavy atom. The van der Waals surface area contributed by atoms with Crippen molar-refractivity contribution >= 4 is 17.5 Å². The number of fused-ring (bicyclic) bond motifs is 1. The molecule has 0 aromatic heterocycles. The highest BCUT2D eigenvalue weighted by molar-refractivity contribution is 6.22. The zero-order chi connectivity index (χ0) is 23.4. The van der Waals surface area contributed by atoms with Gasteiger partial charge in [0.15, 0.2) is 0 Å². The number of alkyl halides is 1. The molecule has 2 heterocycles. The predicted octanol–water partition coefficient (Wildman–Crippen LogP) is 6.26. The second-order valence-corrected chi connectivity index (χ2v) is 11.2. The number of nitrogens with one attached hydrogen (secondary N) is 1. The molecule has 34 heavy (non-hydrogen) atoms. The molecule has 2 bridgehead atoms. The molecule has 7 unspecified atom stereocenters. The molecule has 7 rings (SSSR count). The number of carbonyl (C=O) groups excluding carboxylic acids is 1. The van der Waals surface area contributed by atoms with Crippen molar-refractivity contribution in [1.29, 1.82) is 0 Å². The van der Waals surface area contributed by atoms with Crippen LogP contribution >= 0.6 is 11.6 Å². The molecule has 2 aromatic carbocycles. The van der Waals surface area contributed by atoms with Crippen LogP contribution in [0.2, 0.25) is 0 Å². The molecule has 4 heteroatoms. The highest BCUT2D eigenvalue weighted by Gasteiger charge is 2.76. The van der Waals surface area contributed by atoms with E-state index in [2.05, 4.69) is 78.7 Å². The van der Waals surface area contributed by atoms with Gasteiger partial charge in [-0.05, 0) is 61.8 Å². The number of benzene rings is 2. The molecule has 3 aliphatic carbocycles. The van der Waals surface area contributed by atoms with Crippen LogP contribution < -0.4 is 5.32 Å². The van der Waals surface area contributed by atoms with E-state index in [1.165, 1.54) is 29.5 Å². The number of amides is 1. The first-order chi connectivity index (χ1) is 16.5. The lowest BCUT2D eigenvalue weighted by Crippen LogP contribution is -2.78. The summed E-state index contributed by atoms with van der Waals surface area (Å²) < 4.78 is 0. The van der Waals surface area contributed by atoms with Crippen molar-refractivity contribution in [2.24, 2.45) is 11.8 Å². The summed E-state index contributed by atoms with van der Waals surface area (Å²) in [5.41, 5.74) is 5.30. The number of hydrogen-bond donors (Lipinski definition) is 1. The van der Waals surface area contributed by atoms with Crippen LogP contribution in [0, 0.1) is 18.8 Å². The highest BCUT2D eigenvalue weighted by atomic mass is 35.5. The molecule has 2 aromatic rings. The maximum atomic E-state index is 13.3. The topological polar surface area (TPSA) is 32.3 Å². The number of allylic oxidation sites excluding steroid dienone is 3. The van der Waals surface area contributed by atoms with Gasteiger partial charge >= 0.3 is 0 Å². The molecule has 5 aliphatic rings. The normalized spacial score (nSPS) is 33.2. The minimum Gasteiger partial charge on any atom is -0.349 e. The van der Waals surface area contributed by atoms with E-state index in [4.69, 9.17) is 11.6 Å². The lowest BCUT2D eigenvalue weighted by Gasteiger charge is -2.70. The fourth-order valence-corrected chi connectivity index (χ4v) is 7.71. The Bertz CT molecular complexity index is 1160. The van der Waals surface area contributed by atoms with E-state index in [0.29, 0.717) is 12.0 Å². The van der Waals surface area contributed by atoms with E-state index in [1.54, 1.807) is 0 Å². The third kappa shape index (κ3) is 3.24. The smallest absolute Gasteiger partial charge is 0.224 e. The molecule has 1 N–H and O–H groups in total. The Kier molecular flexibility index (Phi) is 5.46. The van der Waals surface area contributed by atoms with Gasteiger partial charge in [-0.3, -0.25) is 9.69 Å². The molecular formula is C30H33ClN2O. The van der Waals surface area contributed by atoms with Crippen LogP contribution in [0.1, 0.15) is 61.4 Å². The van der Waals surface area contributed by atoms with Crippen molar-refractivity contribution in [3.63, 3.8) is 0 Å². The maximum absolute atomic E-state index is 13.3. The van der Waals surface area contributed by atoms with Gasteiger partial charge < -0.3 is 5.32 Å². The van der Waals surface area contributed by atoms with E-state index in [9.17, 15) is 4.79 Å². The maximum Gasteiger partial charge on any atom is 0.224 e. The van der Waals surface area contributed by atoms with Crippen LogP contribution in [0.5, 0.6) is 0 Å². The summed E-state index contributed by atoms with van der Waals surface area (Å²) in [5.74, 6) is 0.820. The van der Waals surface area contributed by atoms with Crippen LogP contribution in [0.3, 0.4) is 0 Å². The zero-order valence-electron chi connectivity index (χ0n) is 20.0. The van der Waals surface area contributed by atoms with Crippen LogP contribution in [0.4, 0.5) is 0 Å². The summed E-state index contributed by atoms with van der Waals surface area (Å²) in [6.45, 7) is 4.30. The average molecular weight is 473 g/mol. The van der Waals surface area contributed by atoms with E-state index < -0.39 is 0 Å². The van der Waals surface area contributed by atoms with Gasteiger partial charge in [-0.25, -0.2) is 0 Å². The highest BCUT2D eigenvalue weighted by Crippen LogP contribution is 2.71. The number of rotatable bonds is 6. The third-order valence-corrected chi connectivity index (χ3v) is 9.42. The molecule has 2 saturated heterocycles. The van der Waals surface area contributed by atoms with Crippen molar-refractivity contribution in [2.75, 3.05) is 0 Å². The van der Waals surface area contributed by atoms with Crippen molar-refractivity contribution in [3.8, 4) is 0 Å². The van der Waals surface area contributed by atoms with Crippen molar-refractivity contribution < 1.29 is 4.79 Å². The summed E-state index contributed by atoms with van der Waals surface area (Å²) in [6.07, 6.45) is 10.8. The standard InChI is InChI=1S/C30H33ClN2O/c1-19-10-6-7-13-22(19)28(23-14-8-9-15-25(23)31)33-26-16-17-30(33)18-24(27(26)30)29(34)32-20(2)21-11-4-3-5-12-21/h3-14,20,24-28H,15-18H2,1-2H3,(H,32,34). The lowest BCUT2D eigenvalue weighted by molar-refractivity contribution is -0.211. The minimum absolute atomic E-state index is 0.0235. The number of hydrogen-bond acceptors (Lipinski definition) is 2. The van der Waals surface area contributed by atoms with Gasteiger partial charge in [-0.1, -0.05) is 72.8 Å². The minimum atomic E-state index is 0.0235. The molecule has 2 aliphatic heterocycles. The molecule has 1 amide bonds. The average Bonchev–Trinajstić information content (AvgIpc) is 3.35. The van der Waals surface area contributed by atoms with Crippen LogP contribution in [-0.2, 0) is 4.79 Å². The van der Waals surface area contributed by atoms with Crippen LogP contribution in [0.25, 0.3) is 0 Å². The SMILES string of the molecule is Cc1ccccc1C(C1=CC=CCC1Cl)N1C2CCC13CC(C(=O)NC(C)c1ccccc1)C23. The van der Waals surface area contributed by atoms with E-state index in [0.717, 1.165) is 18.4 Å². The monoisotopic (exact) mass is 472 g/mol. The van der Waals surface area contributed by atoms with Gasteiger partial charge in [-0.2, -0.15) is 0 Å². The quantitative estimate of drug-likeness (QED) is 0.503. The van der Waals surface area contributed by atoms with E-state index in [1.807, 2.05) is 18.2 Å². The van der Waals surface area contributed by atoms with Crippen LogP contribution in [0.15, 0.2) is 78.4 Å². The first kappa shape index (κ1) is 22.1. The van der Waals surface area contributed by atoms with Gasteiger partial charge in [0.2, 0.25) is 5.91 Å². The second kappa shape index (κ2) is 8.39. The van der Waals surface area contributed by atoms with Gasteiger partial charge in [0.1, 0.15) is 0 Å². The largest absolute Gasteiger partial charge is 0.349 e. The Morgan fingerprint density at radius 3 is 2.65 bits per heavy atom. The zero-order valence-corrected chi connectivity index (χ0v) is 20.7. The second-order valence-electron chi connectivity index (χ2n) is 10.7. The summed E-state index contributed by atoms with van der Waals surface area (Å²) in [7, 11) is 0. The van der Waals surface area contributed by atoms with Crippen molar-refractivity contribution in [1.82, 2.24) is 10.2 Å². The number of aryl methyl sites for hydroxylation is 1. The number of nitrogens with zero attached hydrogens (tertiary/aromatic N) is 1. The molecule has 4 fully saturated rings. The van der Waals surface area contributed by atoms with E-state index >= 15 is 0 Å². The first-order valence-corrected chi connectivity index (χ1v) is 13.1. The van der Waals surface area contributed by atoms with E-state index in [-0.39, 0.29) is 34.8 Å². The fourth-order valence-electron chi connectivity index (χ4n) is 7.41. The van der Waals surface area contributed by atoms with Crippen molar-refractivity contribution in [2.45, 2.75) is 68.6 Å². The van der Waals surface area contributed by atoms with Gasteiger partial charge in [0, 0.05) is 23.4 Å². The Hall–Kier alpha value is -2.36. The molecule has 3 nitrogen and oxygen atoms in total. The predicted molar refractivity (Wildman–Crippen MR) is 138 cm³/mol. The molecule has 176 valence electrons. The van der Waals surface area contributed by atoms with Gasteiger partial charge in [0.05, 0.1) is 17.5 Å². The molecule has 2 saturated carbocycles. The van der Waals surface area contributed by atoms with Crippen LogP contribution in [-0.4, -0.2) is 27.8 Å². The molecule has 1 spiro atoms. The Morgan fingerprint density at radius 2 is 1.91 bits per heavy atom. The molecular weight excluding hydrogens is 440 g/mol. The number of piperidine rings is 1. The summed E-state index contributed by atoms with van der Waals surface area (Å²) >= 11 is 6.90. The lowest BCUT2D eigenvalue weighted by atomic mass is 9.51. The first-order valence-electron chi connectivity index (χ1n) is 12.7. The number of halogens is 1. The van der Waals surface area contributed by atoms with Gasteiger partial charge in [0.25, 0.3) is 0 Å². The summed E-state index contributed by atoms with van der Waals surface area (Å²) in [6, 6.07) is 19.7. The fraction of sp³-hybridized carbons (Fsp3) is 0.433. The number of carbonyl (C=O) groups is 1. The third-order valence-electron chi connectivity index (χ3n) is 8.99. The Labute approximate surface area is 207 Å². The molecule has 7 atom stereocenters.